The van der Waals surface area contributed by atoms with Crippen molar-refractivity contribution in [3.8, 4) is 6.07 Å². The number of carbonyl (C=O) groups excluding carboxylic acids is 1. The van der Waals surface area contributed by atoms with Crippen LogP contribution in [0.2, 0.25) is 0 Å². The molecular weight excluding hydrogens is 264 g/mol. The summed E-state index contributed by atoms with van der Waals surface area (Å²) in [7, 11) is 0. The third-order valence-corrected chi connectivity index (χ3v) is 5.12. The Morgan fingerprint density at radius 1 is 1.56 bits per heavy atom. The molecule has 1 amide bonds. The maximum atomic E-state index is 11.8. The number of carbonyl (C=O) groups is 1. The quantitative estimate of drug-likeness (QED) is 0.759. The molecule has 18 heavy (non-hydrogen) atoms. The molecule has 0 aliphatic carbocycles. The maximum absolute atomic E-state index is 11.8. The van der Waals surface area contributed by atoms with Crippen molar-refractivity contribution in [2.75, 3.05) is 5.75 Å². The minimum atomic E-state index is -0.208. The highest BCUT2D eigenvalue weighted by atomic mass is 32.2. The minimum Gasteiger partial charge on any atom is -0.339 e. The fourth-order valence-corrected chi connectivity index (χ4v) is 4.51. The van der Waals surface area contributed by atoms with Crippen LogP contribution in [0.25, 0.3) is 0 Å². The second-order valence-corrected chi connectivity index (χ2v) is 7.26. The molecule has 0 spiro atoms. The normalized spacial score (nSPS) is 19.9. The lowest BCUT2D eigenvalue weighted by molar-refractivity contribution is -0.117. The first-order valence-corrected chi connectivity index (χ1v) is 8.19. The zero-order valence-electron chi connectivity index (χ0n) is 11.2. The standard InChI is InChI=1S/C13H20N2OS2/c1-4-5-6-17-13-10(8-14)12(16)15-11(18-13)7-9(2)3/h9,11H,4-7H2,1-3H3,(H,15,16). The monoisotopic (exact) mass is 284 g/mol. The van der Waals surface area contributed by atoms with E-state index in [0.29, 0.717) is 11.5 Å². The molecule has 0 fully saturated rings. The molecule has 0 aromatic heterocycles. The molecule has 1 heterocycles. The van der Waals surface area contributed by atoms with E-state index in [1.807, 2.05) is 6.07 Å². The smallest absolute Gasteiger partial charge is 0.264 e. The first-order valence-electron chi connectivity index (χ1n) is 6.33. The summed E-state index contributed by atoms with van der Waals surface area (Å²) in [5.74, 6) is 1.31. The SMILES string of the molecule is CCCCSC1=C(C#N)C(=O)NC(CC(C)C)S1. The number of nitrogens with zero attached hydrogens (tertiary/aromatic N) is 1. The van der Waals surface area contributed by atoms with E-state index >= 15 is 0 Å². The largest absolute Gasteiger partial charge is 0.339 e. The summed E-state index contributed by atoms with van der Waals surface area (Å²) in [5, 5.41) is 12.1. The molecule has 1 aliphatic rings. The first-order chi connectivity index (χ1) is 8.58. The number of rotatable bonds is 6. The van der Waals surface area contributed by atoms with Gasteiger partial charge in [-0.25, -0.2) is 0 Å². The van der Waals surface area contributed by atoms with E-state index in [1.54, 1.807) is 23.5 Å². The van der Waals surface area contributed by atoms with Crippen molar-refractivity contribution in [1.29, 1.82) is 5.26 Å². The van der Waals surface area contributed by atoms with E-state index in [2.05, 4.69) is 26.1 Å². The topological polar surface area (TPSA) is 52.9 Å². The van der Waals surface area contributed by atoms with Crippen LogP contribution in [-0.4, -0.2) is 17.0 Å². The summed E-state index contributed by atoms with van der Waals surface area (Å²) in [6, 6.07) is 2.03. The van der Waals surface area contributed by atoms with Crippen molar-refractivity contribution in [3.63, 3.8) is 0 Å². The Kier molecular flexibility index (Phi) is 6.66. The van der Waals surface area contributed by atoms with Gasteiger partial charge in [0, 0.05) is 0 Å². The molecule has 0 aromatic carbocycles. The van der Waals surface area contributed by atoms with Crippen molar-refractivity contribution < 1.29 is 4.79 Å². The van der Waals surface area contributed by atoms with E-state index in [-0.39, 0.29) is 11.3 Å². The van der Waals surface area contributed by atoms with Crippen LogP contribution in [0, 0.1) is 17.2 Å². The van der Waals surface area contributed by atoms with Crippen molar-refractivity contribution in [2.24, 2.45) is 5.92 Å². The fourth-order valence-electron chi connectivity index (χ4n) is 1.58. The van der Waals surface area contributed by atoms with Gasteiger partial charge in [0.25, 0.3) is 5.91 Å². The predicted octanol–water partition coefficient (Wildman–Crippen LogP) is 3.49. The number of thioether (sulfide) groups is 2. The molecule has 0 aromatic rings. The highest BCUT2D eigenvalue weighted by molar-refractivity contribution is 8.22. The molecule has 100 valence electrons. The summed E-state index contributed by atoms with van der Waals surface area (Å²) in [4.78, 5) is 11.8. The van der Waals surface area contributed by atoms with Gasteiger partial charge in [-0.3, -0.25) is 4.79 Å². The molecule has 1 aliphatic heterocycles. The molecule has 0 saturated heterocycles. The number of amides is 1. The van der Waals surface area contributed by atoms with Gasteiger partial charge in [0.15, 0.2) is 0 Å². The van der Waals surface area contributed by atoms with Crippen molar-refractivity contribution in [3.05, 3.63) is 9.81 Å². The minimum absolute atomic E-state index is 0.110. The Morgan fingerprint density at radius 3 is 2.83 bits per heavy atom. The van der Waals surface area contributed by atoms with Gasteiger partial charge in [-0.15, -0.1) is 11.8 Å². The highest BCUT2D eigenvalue weighted by Crippen LogP contribution is 2.39. The fraction of sp³-hybridized carbons (Fsp3) is 0.692. The van der Waals surface area contributed by atoms with E-state index in [0.717, 1.165) is 29.3 Å². The van der Waals surface area contributed by atoms with Gasteiger partial charge in [0.2, 0.25) is 0 Å². The average Bonchev–Trinajstić information content (AvgIpc) is 2.28. The maximum Gasteiger partial charge on any atom is 0.264 e. The highest BCUT2D eigenvalue weighted by Gasteiger charge is 2.28. The molecule has 1 atom stereocenters. The molecule has 1 rings (SSSR count). The van der Waals surface area contributed by atoms with E-state index in [1.165, 1.54) is 0 Å². The zero-order valence-corrected chi connectivity index (χ0v) is 12.8. The van der Waals surface area contributed by atoms with Gasteiger partial charge in [0.1, 0.15) is 11.6 Å². The molecule has 0 saturated carbocycles. The van der Waals surface area contributed by atoms with Gasteiger partial charge < -0.3 is 5.32 Å². The average molecular weight is 284 g/mol. The number of hydrogen-bond acceptors (Lipinski definition) is 4. The third kappa shape index (κ3) is 4.58. The second-order valence-electron chi connectivity index (χ2n) is 4.69. The van der Waals surface area contributed by atoms with Gasteiger partial charge in [0.05, 0.1) is 9.61 Å². The zero-order chi connectivity index (χ0) is 13.5. The van der Waals surface area contributed by atoms with Crippen molar-refractivity contribution in [2.45, 2.75) is 45.4 Å². The molecule has 0 bridgehead atoms. The number of hydrogen-bond donors (Lipinski definition) is 1. The van der Waals surface area contributed by atoms with E-state index < -0.39 is 0 Å². The van der Waals surface area contributed by atoms with Crippen LogP contribution in [0.15, 0.2) is 9.81 Å². The second kappa shape index (κ2) is 7.75. The summed E-state index contributed by atoms with van der Waals surface area (Å²) in [6.45, 7) is 6.42. The van der Waals surface area contributed by atoms with Crippen molar-refractivity contribution in [1.82, 2.24) is 5.32 Å². The van der Waals surface area contributed by atoms with Crippen LogP contribution in [0.1, 0.15) is 40.0 Å². The van der Waals surface area contributed by atoms with Gasteiger partial charge in [-0.2, -0.15) is 5.26 Å². The molecule has 5 heteroatoms. The van der Waals surface area contributed by atoms with E-state index in [9.17, 15) is 4.79 Å². The van der Waals surface area contributed by atoms with Crippen LogP contribution in [0.4, 0.5) is 0 Å². The van der Waals surface area contributed by atoms with Crippen molar-refractivity contribution >= 4 is 29.4 Å². The van der Waals surface area contributed by atoms with Gasteiger partial charge in [-0.05, 0) is 24.5 Å². The molecule has 3 nitrogen and oxygen atoms in total. The van der Waals surface area contributed by atoms with Gasteiger partial charge >= 0.3 is 0 Å². The predicted molar refractivity (Wildman–Crippen MR) is 79.0 cm³/mol. The number of nitriles is 1. The summed E-state index contributed by atoms with van der Waals surface area (Å²) >= 11 is 3.28. The van der Waals surface area contributed by atoms with Gasteiger partial charge in [-0.1, -0.05) is 39.0 Å². The Bertz CT molecular complexity index is 372. The molecular formula is C13H20N2OS2. The van der Waals surface area contributed by atoms with Crippen LogP contribution < -0.4 is 5.32 Å². The Balaban J connectivity index is 2.72. The number of unbranched alkanes of at least 4 members (excludes halogenated alkanes) is 1. The molecule has 1 N–H and O–H groups in total. The third-order valence-electron chi connectivity index (χ3n) is 2.50. The lowest BCUT2D eigenvalue weighted by atomic mass is 10.1. The van der Waals surface area contributed by atoms with Crippen LogP contribution in [-0.2, 0) is 4.79 Å². The summed E-state index contributed by atoms with van der Waals surface area (Å²) in [6.07, 6.45) is 3.19. The lowest BCUT2D eigenvalue weighted by Crippen LogP contribution is -2.37. The molecule has 0 radical (unpaired) electrons. The Labute approximate surface area is 118 Å². The first kappa shape index (κ1) is 15.5. The van der Waals surface area contributed by atoms with Crippen LogP contribution in [0.5, 0.6) is 0 Å². The Morgan fingerprint density at radius 2 is 2.28 bits per heavy atom. The summed E-state index contributed by atoms with van der Waals surface area (Å²) < 4.78 is 0.903. The van der Waals surface area contributed by atoms with E-state index in [4.69, 9.17) is 5.26 Å². The number of nitrogens with one attached hydrogen (secondary N) is 1. The summed E-state index contributed by atoms with van der Waals surface area (Å²) in [5.41, 5.74) is 0.293. The Hall–Kier alpha value is -0.600. The van der Waals surface area contributed by atoms with Crippen LogP contribution in [0.3, 0.4) is 0 Å². The molecule has 1 unspecified atom stereocenters. The van der Waals surface area contributed by atoms with Crippen LogP contribution >= 0.6 is 23.5 Å². The lowest BCUT2D eigenvalue weighted by Gasteiger charge is -2.26.